The summed E-state index contributed by atoms with van der Waals surface area (Å²) in [6.45, 7) is 2.64. The van der Waals surface area contributed by atoms with Crippen LogP contribution in [0.5, 0.6) is 5.75 Å². The standard InChI is InChI=1S/C17H23NO3/c1-11-7-8-16(20)13(10-11)17(21)18-9-3-5-14(18)12-4-2-6-15(12)19/h7-8,10,12,14-15,19-20H,2-6,9H2,1H3. The monoisotopic (exact) mass is 289 g/mol. The highest BCUT2D eigenvalue weighted by Gasteiger charge is 2.40. The first-order valence-electron chi connectivity index (χ1n) is 7.86. The van der Waals surface area contributed by atoms with Crippen molar-refractivity contribution in [1.82, 2.24) is 4.90 Å². The molecular formula is C17H23NO3. The minimum atomic E-state index is -0.283. The fraction of sp³-hybridized carbons (Fsp3) is 0.588. The summed E-state index contributed by atoms with van der Waals surface area (Å²) in [5, 5.41) is 20.1. The van der Waals surface area contributed by atoms with E-state index in [9.17, 15) is 15.0 Å². The number of likely N-dealkylation sites (tertiary alicyclic amines) is 1. The van der Waals surface area contributed by atoms with Crippen molar-refractivity contribution in [3.05, 3.63) is 29.3 Å². The molecule has 1 heterocycles. The normalized spacial score (nSPS) is 29.0. The van der Waals surface area contributed by atoms with Gasteiger partial charge in [0.15, 0.2) is 0 Å². The van der Waals surface area contributed by atoms with Gasteiger partial charge in [-0.2, -0.15) is 0 Å². The molecule has 1 amide bonds. The number of aliphatic hydroxyl groups excluding tert-OH is 1. The number of carbonyl (C=O) groups is 1. The summed E-state index contributed by atoms with van der Waals surface area (Å²) in [5.41, 5.74) is 1.35. The van der Waals surface area contributed by atoms with Gasteiger partial charge < -0.3 is 15.1 Å². The van der Waals surface area contributed by atoms with Gasteiger partial charge in [0.25, 0.3) is 5.91 Å². The van der Waals surface area contributed by atoms with Crippen LogP contribution in [-0.2, 0) is 0 Å². The summed E-state index contributed by atoms with van der Waals surface area (Å²) in [5.74, 6) is 0.143. The van der Waals surface area contributed by atoms with Crippen LogP contribution in [0.1, 0.15) is 48.0 Å². The average Bonchev–Trinajstić information content (AvgIpc) is 3.08. The van der Waals surface area contributed by atoms with Crippen molar-refractivity contribution in [1.29, 1.82) is 0 Å². The molecular weight excluding hydrogens is 266 g/mol. The van der Waals surface area contributed by atoms with Gasteiger partial charge in [0.05, 0.1) is 11.7 Å². The lowest BCUT2D eigenvalue weighted by molar-refractivity contribution is 0.0525. The molecule has 3 atom stereocenters. The number of hydrogen-bond donors (Lipinski definition) is 2. The number of aromatic hydroxyl groups is 1. The average molecular weight is 289 g/mol. The molecule has 1 saturated heterocycles. The van der Waals surface area contributed by atoms with Crippen LogP contribution < -0.4 is 0 Å². The molecule has 0 spiro atoms. The Morgan fingerprint density at radius 2 is 2.05 bits per heavy atom. The van der Waals surface area contributed by atoms with Crippen LogP contribution in [0.3, 0.4) is 0 Å². The molecule has 114 valence electrons. The minimum Gasteiger partial charge on any atom is -0.507 e. The van der Waals surface area contributed by atoms with Crippen molar-refractivity contribution in [3.63, 3.8) is 0 Å². The van der Waals surface area contributed by atoms with Gasteiger partial charge in [-0.1, -0.05) is 18.1 Å². The Bertz CT molecular complexity index is 543. The lowest BCUT2D eigenvalue weighted by Gasteiger charge is -2.31. The Balaban J connectivity index is 1.84. The van der Waals surface area contributed by atoms with E-state index in [1.165, 1.54) is 0 Å². The van der Waals surface area contributed by atoms with Gasteiger partial charge >= 0.3 is 0 Å². The van der Waals surface area contributed by atoms with E-state index in [4.69, 9.17) is 0 Å². The SMILES string of the molecule is Cc1ccc(O)c(C(=O)N2CCCC2C2CCCC2O)c1. The predicted octanol–water partition coefficient (Wildman–Crippen LogP) is 2.47. The molecule has 3 unspecified atom stereocenters. The van der Waals surface area contributed by atoms with E-state index in [1.807, 2.05) is 11.8 Å². The number of aliphatic hydroxyl groups is 1. The Morgan fingerprint density at radius 3 is 2.76 bits per heavy atom. The molecule has 21 heavy (non-hydrogen) atoms. The number of rotatable bonds is 2. The highest BCUT2D eigenvalue weighted by molar-refractivity contribution is 5.97. The molecule has 1 saturated carbocycles. The van der Waals surface area contributed by atoms with Crippen molar-refractivity contribution >= 4 is 5.91 Å². The second-order valence-corrected chi connectivity index (χ2v) is 6.39. The molecule has 0 bridgehead atoms. The highest BCUT2D eigenvalue weighted by Crippen LogP contribution is 2.37. The highest BCUT2D eigenvalue weighted by atomic mass is 16.3. The van der Waals surface area contributed by atoms with Gasteiger partial charge in [-0.3, -0.25) is 4.79 Å². The molecule has 1 aliphatic carbocycles. The van der Waals surface area contributed by atoms with Crippen LogP contribution in [0, 0.1) is 12.8 Å². The van der Waals surface area contributed by atoms with E-state index >= 15 is 0 Å². The smallest absolute Gasteiger partial charge is 0.257 e. The minimum absolute atomic E-state index is 0.0446. The molecule has 0 aromatic heterocycles. The molecule has 1 aromatic rings. The number of hydrogen-bond acceptors (Lipinski definition) is 3. The number of phenolic OH excluding ortho intramolecular Hbond substituents is 1. The van der Waals surface area contributed by atoms with Crippen LogP contribution in [0.2, 0.25) is 0 Å². The molecule has 4 nitrogen and oxygen atoms in total. The number of phenols is 1. The lowest BCUT2D eigenvalue weighted by Crippen LogP contribution is -2.42. The molecule has 2 fully saturated rings. The maximum Gasteiger partial charge on any atom is 0.257 e. The summed E-state index contributed by atoms with van der Waals surface area (Å²) >= 11 is 0. The summed E-state index contributed by atoms with van der Waals surface area (Å²) in [4.78, 5) is 14.6. The van der Waals surface area contributed by atoms with E-state index in [1.54, 1.807) is 18.2 Å². The molecule has 2 aliphatic rings. The van der Waals surface area contributed by atoms with Gasteiger partial charge in [-0.15, -0.1) is 0 Å². The number of carbonyl (C=O) groups excluding carboxylic acids is 1. The van der Waals surface area contributed by atoms with Crippen molar-refractivity contribution < 1.29 is 15.0 Å². The third-order valence-corrected chi connectivity index (χ3v) is 4.97. The molecule has 0 radical (unpaired) electrons. The lowest BCUT2D eigenvalue weighted by atomic mass is 9.93. The molecule has 2 N–H and O–H groups in total. The summed E-state index contributed by atoms with van der Waals surface area (Å²) < 4.78 is 0. The van der Waals surface area contributed by atoms with Gasteiger partial charge in [0, 0.05) is 18.5 Å². The molecule has 1 aliphatic heterocycles. The van der Waals surface area contributed by atoms with Gasteiger partial charge in [-0.25, -0.2) is 0 Å². The summed E-state index contributed by atoms with van der Waals surface area (Å²) in [6, 6.07) is 5.25. The summed E-state index contributed by atoms with van der Waals surface area (Å²) in [6.07, 6.45) is 4.54. The molecule has 3 rings (SSSR count). The second kappa shape index (κ2) is 5.68. The zero-order valence-corrected chi connectivity index (χ0v) is 12.5. The van der Waals surface area contributed by atoms with Gasteiger partial charge in [0.2, 0.25) is 0 Å². The van der Waals surface area contributed by atoms with Crippen LogP contribution in [0.25, 0.3) is 0 Å². The Kier molecular flexibility index (Phi) is 3.89. The predicted molar refractivity (Wildman–Crippen MR) is 80.3 cm³/mol. The van der Waals surface area contributed by atoms with Gasteiger partial charge in [0.1, 0.15) is 5.75 Å². The summed E-state index contributed by atoms with van der Waals surface area (Å²) in [7, 11) is 0. The maximum atomic E-state index is 12.8. The van der Waals surface area contributed by atoms with E-state index in [0.29, 0.717) is 5.56 Å². The van der Waals surface area contributed by atoms with Crippen molar-refractivity contribution in [2.24, 2.45) is 5.92 Å². The Hall–Kier alpha value is -1.55. The molecule has 1 aromatic carbocycles. The number of nitrogens with zero attached hydrogens (tertiary/aromatic N) is 1. The van der Waals surface area contributed by atoms with Crippen molar-refractivity contribution in [2.45, 2.75) is 51.2 Å². The van der Waals surface area contributed by atoms with Crippen LogP contribution in [0.15, 0.2) is 18.2 Å². The molecule has 4 heteroatoms. The number of aryl methyl sites for hydroxylation is 1. The Morgan fingerprint density at radius 1 is 1.24 bits per heavy atom. The van der Waals surface area contributed by atoms with E-state index in [0.717, 1.165) is 44.2 Å². The first kappa shape index (κ1) is 14.4. The van der Waals surface area contributed by atoms with Crippen LogP contribution in [-0.4, -0.2) is 39.7 Å². The van der Waals surface area contributed by atoms with E-state index < -0.39 is 0 Å². The van der Waals surface area contributed by atoms with Crippen molar-refractivity contribution in [3.8, 4) is 5.75 Å². The fourth-order valence-corrected chi connectivity index (χ4v) is 3.88. The number of amides is 1. The first-order chi connectivity index (χ1) is 10.1. The zero-order chi connectivity index (χ0) is 15.0. The third kappa shape index (κ3) is 2.64. The first-order valence-corrected chi connectivity index (χ1v) is 7.86. The maximum absolute atomic E-state index is 12.8. The topological polar surface area (TPSA) is 60.8 Å². The largest absolute Gasteiger partial charge is 0.507 e. The van der Waals surface area contributed by atoms with Crippen molar-refractivity contribution in [2.75, 3.05) is 6.54 Å². The van der Waals surface area contributed by atoms with Crippen LogP contribution >= 0.6 is 0 Å². The number of benzene rings is 1. The second-order valence-electron chi connectivity index (χ2n) is 6.39. The third-order valence-electron chi connectivity index (χ3n) is 4.97. The van der Waals surface area contributed by atoms with Gasteiger partial charge in [-0.05, 0) is 44.7 Å². The fourth-order valence-electron chi connectivity index (χ4n) is 3.88. The van der Waals surface area contributed by atoms with Crippen LogP contribution in [0.4, 0.5) is 0 Å². The quantitative estimate of drug-likeness (QED) is 0.879. The van der Waals surface area contributed by atoms with E-state index in [2.05, 4.69) is 0 Å². The Labute approximate surface area is 125 Å². The zero-order valence-electron chi connectivity index (χ0n) is 12.5. The van der Waals surface area contributed by atoms with E-state index in [-0.39, 0.29) is 29.7 Å².